The first kappa shape index (κ1) is 6.59. The molecule has 1 nitrogen and oxygen atoms in total. The molecule has 0 unspecified atom stereocenters. The van der Waals surface area contributed by atoms with Crippen molar-refractivity contribution in [3.63, 3.8) is 0 Å². The molecule has 1 heteroatoms. The van der Waals surface area contributed by atoms with Gasteiger partial charge in [0.2, 0.25) is 0 Å². The molecule has 0 radical (unpaired) electrons. The lowest BCUT2D eigenvalue weighted by Crippen LogP contribution is -1.83. The van der Waals surface area contributed by atoms with Crippen LogP contribution < -0.4 is 0 Å². The molecule has 11 heavy (non-hydrogen) atoms. The molecule has 0 amide bonds. The fraction of sp³-hybridized carbons (Fsp3) is 0.300. The molecule has 0 spiro atoms. The van der Waals surface area contributed by atoms with Crippen molar-refractivity contribution in [1.29, 1.82) is 0 Å². The minimum absolute atomic E-state index is 0.807. The van der Waals surface area contributed by atoms with Crippen molar-refractivity contribution < 1.29 is 0 Å². The third-order valence-corrected chi connectivity index (χ3v) is 2.07. The van der Waals surface area contributed by atoms with Crippen LogP contribution in [0.1, 0.15) is 30.0 Å². The Morgan fingerprint density at radius 3 is 2.73 bits per heavy atom. The van der Waals surface area contributed by atoms with Crippen molar-refractivity contribution in [1.82, 2.24) is 4.98 Å². The Morgan fingerprint density at radius 2 is 2.27 bits per heavy atom. The van der Waals surface area contributed by atoms with Gasteiger partial charge in [0.1, 0.15) is 0 Å². The molecule has 2 rings (SSSR count). The molecule has 0 saturated heterocycles. The number of rotatable bonds is 2. The summed E-state index contributed by atoms with van der Waals surface area (Å²) < 4.78 is 0. The zero-order chi connectivity index (χ0) is 7.68. The lowest BCUT2D eigenvalue weighted by atomic mass is 10.2. The Morgan fingerprint density at radius 1 is 1.45 bits per heavy atom. The highest BCUT2D eigenvalue weighted by Crippen LogP contribution is 2.39. The fourth-order valence-corrected chi connectivity index (χ4v) is 1.20. The average molecular weight is 145 g/mol. The Labute approximate surface area is 66.8 Å². The Kier molecular flexibility index (Phi) is 1.50. The highest BCUT2D eigenvalue weighted by Gasteiger charge is 2.23. The van der Waals surface area contributed by atoms with E-state index in [0.29, 0.717) is 0 Å². The van der Waals surface area contributed by atoms with E-state index in [0.717, 1.165) is 11.6 Å². The second-order valence-corrected chi connectivity index (χ2v) is 2.99. The van der Waals surface area contributed by atoms with Gasteiger partial charge in [0.15, 0.2) is 0 Å². The highest BCUT2D eigenvalue weighted by atomic mass is 14.7. The standard InChI is InChI=1S/C10H11N/c1-2-10-6-5-9(7-11-10)8-3-4-8/h2,5-8H,1,3-4H2. The van der Waals surface area contributed by atoms with Crippen LogP contribution in [0.5, 0.6) is 0 Å². The molecule has 0 bridgehead atoms. The summed E-state index contributed by atoms with van der Waals surface area (Å²) in [4.78, 5) is 4.24. The second kappa shape index (κ2) is 2.50. The molecule has 1 heterocycles. The van der Waals surface area contributed by atoms with E-state index in [1.54, 1.807) is 6.08 Å². The van der Waals surface area contributed by atoms with E-state index in [-0.39, 0.29) is 0 Å². The normalized spacial score (nSPS) is 16.4. The number of pyridine rings is 1. The van der Waals surface area contributed by atoms with Crippen molar-refractivity contribution in [3.8, 4) is 0 Å². The lowest BCUT2D eigenvalue weighted by molar-refractivity contribution is 1.09. The van der Waals surface area contributed by atoms with Crippen LogP contribution in [0.4, 0.5) is 0 Å². The summed E-state index contributed by atoms with van der Waals surface area (Å²) in [7, 11) is 0. The topological polar surface area (TPSA) is 12.9 Å². The van der Waals surface area contributed by atoms with Crippen molar-refractivity contribution >= 4 is 6.08 Å². The van der Waals surface area contributed by atoms with Gasteiger partial charge in [0, 0.05) is 6.20 Å². The summed E-state index contributed by atoms with van der Waals surface area (Å²) in [6.45, 7) is 3.66. The number of aromatic nitrogens is 1. The van der Waals surface area contributed by atoms with Gasteiger partial charge in [-0.3, -0.25) is 4.98 Å². The Bertz CT molecular complexity index is 257. The van der Waals surface area contributed by atoms with Crippen LogP contribution in [0, 0.1) is 0 Å². The molecule has 0 N–H and O–H groups in total. The summed E-state index contributed by atoms with van der Waals surface area (Å²) in [5, 5.41) is 0. The summed E-state index contributed by atoms with van der Waals surface area (Å²) in [5.74, 6) is 0.807. The highest BCUT2D eigenvalue weighted by molar-refractivity contribution is 5.42. The Balaban J connectivity index is 2.25. The zero-order valence-electron chi connectivity index (χ0n) is 6.46. The molecular formula is C10H11N. The zero-order valence-corrected chi connectivity index (χ0v) is 6.46. The summed E-state index contributed by atoms with van der Waals surface area (Å²) in [5.41, 5.74) is 2.35. The van der Waals surface area contributed by atoms with Gasteiger partial charge < -0.3 is 0 Å². The van der Waals surface area contributed by atoms with E-state index >= 15 is 0 Å². The van der Waals surface area contributed by atoms with Crippen LogP contribution >= 0.6 is 0 Å². The van der Waals surface area contributed by atoms with E-state index in [9.17, 15) is 0 Å². The molecule has 0 aliphatic heterocycles. The molecule has 1 aromatic rings. The monoisotopic (exact) mass is 145 g/mol. The van der Waals surface area contributed by atoms with Crippen molar-refractivity contribution in [3.05, 3.63) is 36.2 Å². The van der Waals surface area contributed by atoms with Gasteiger partial charge in [-0.1, -0.05) is 12.6 Å². The van der Waals surface area contributed by atoms with Crippen molar-refractivity contribution in [2.24, 2.45) is 0 Å². The summed E-state index contributed by atoms with van der Waals surface area (Å²) in [6, 6.07) is 4.18. The smallest absolute Gasteiger partial charge is 0.0623 e. The fourth-order valence-electron chi connectivity index (χ4n) is 1.20. The van der Waals surface area contributed by atoms with E-state index in [2.05, 4.69) is 17.6 Å². The van der Waals surface area contributed by atoms with E-state index in [4.69, 9.17) is 0 Å². The predicted octanol–water partition coefficient (Wildman–Crippen LogP) is 2.60. The van der Waals surface area contributed by atoms with Gasteiger partial charge in [-0.2, -0.15) is 0 Å². The van der Waals surface area contributed by atoms with E-state index in [1.807, 2.05) is 12.3 Å². The first-order chi connectivity index (χ1) is 5.40. The minimum atomic E-state index is 0.807. The molecular weight excluding hydrogens is 134 g/mol. The van der Waals surface area contributed by atoms with Gasteiger partial charge in [-0.05, 0) is 36.5 Å². The molecule has 56 valence electrons. The third-order valence-electron chi connectivity index (χ3n) is 2.07. The molecule has 0 atom stereocenters. The van der Waals surface area contributed by atoms with Gasteiger partial charge in [-0.25, -0.2) is 0 Å². The molecule has 1 fully saturated rings. The van der Waals surface area contributed by atoms with Crippen LogP contribution in [0.15, 0.2) is 24.9 Å². The maximum atomic E-state index is 4.24. The lowest BCUT2D eigenvalue weighted by Gasteiger charge is -1.96. The SMILES string of the molecule is C=Cc1ccc(C2CC2)cn1. The minimum Gasteiger partial charge on any atom is -0.257 e. The predicted molar refractivity (Wildman–Crippen MR) is 46.3 cm³/mol. The second-order valence-electron chi connectivity index (χ2n) is 2.99. The van der Waals surface area contributed by atoms with Crippen molar-refractivity contribution in [2.45, 2.75) is 18.8 Å². The van der Waals surface area contributed by atoms with Crippen molar-refractivity contribution in [2.75, 3.05) is 0 Å². The first-order valence-electron chi connectivity index (χ1n) is 3.98. The number of hydrogen-bond donors (Lipinski definition) is 0. The van der Waals surface area contributed by atoms with Gasteiger partial charge >= 0.3 is 0 Å². The molecule has 0 aromatic carbocycles. The largest absolute Gasteiger partial charge is 0.257 e. The van der Waals surface area contributed by atoms with Gasteiger partial charge in [0.05, 0.1) is 5.69 Å². The average Bonchev–Trinajstić information content (AvgIpc) is 2.87. The Hall–Kier alpha value is -1.11. The van der Waals surface area contributed by atoms with Crippen LogP contribution in [-0.2, 0) is 0 Å². The molecule has 1 saturated carbocycles. The number of hydrogen-bond acceptors (Lipinski definition) is 1. The van der Waals surface area contributed by atoms with Crippen LogP contribution in [0.2, 0.25) is 0 Å². The summed E-state index contributed by atoms with van der Waals surface area (Å²) in [6.07, 6.45) is 6.43. The van der Waals surface area contributed by atoms with Gasteiger partial charge in [0.25, 0.3) is 0 Å². The maximum Gasteiger partial charge on any atom is 0.0623 e. The van der Waals surface area contributed by atoms with Crippen LogP contribution in [0.3, 0.4) is 0 Å². The van der Waals surface area contributed by atoms with E-state index in [1.165, 1.54) is 18.4 Å². The number of nitrogens with zero attached hydrogens (tertiary/aromatic N) is 1. The summed E-state index contributed by atoms with van der Waals surface area (Å²) >= 11 is 0. The quantitative estimate of drug-likeness (QED) is 0.623. The van der Waals surface area contributed by atoms with Crippen LogP contribution in [-0.4, -0.2) is 4.98 Å². The molecule has 1 aliphatic rings. The van der Waals surface area contributed by atoms with E-state index < -0.39 is 0 Å². The van der Waals surface area contributed by atoms with Crippen LogP contribution in [0.25, 0.3) is 6.08 Å². The van der Waals surface area contributed by atoms with Gasteiger partial charge in [-0.15, -0.1) is 0 Å². The maximum absolute atomic E-state index is 4.24. The third kappa shape index (κ3) is 1.32. The molecule has 1 aromatic heterocycles. The molecule has 1 aliphatic carbocycles. The first-order valence-corrected chi connectivity index (χ1v) is 3.98.